The summed E-state index contributed by atoms with van der Waals surface area (Å²) in [7, 11) is 0. The van der Waals surface area contributed by atoms with E-state index in [9.17, 15) is 9.59 Å². The summed E-state index contributed by atoms with van der Waals surface area (Å²) in [5.74, 6) is 0.358. The first kappa shape index (κ1) is 16.9. The number of primary amides is 1. The fraction of sp³-hybridized carbons (Fsp3) is 0.176. The van der Waals surface area contributed by atoms with Gasteiger partial charge in [0.2, 0.25) is 6.79 Å². The van der Waals surface area contributed by atoms with Crippen LogP contribution in [0, 0.1) is 0 Å². The highest BCUT2D eigenvalue weighted by Crippen LogP contribution is 2.39. The van der Waals surface area contributed by atoms with E-state index in [4.69, 9.17) is 36.3 Å². The number of hydrogen-bond acceptors (Lipinski definition) is 6. The molecule has 3 rings (SSSR count). The predicted molar refractivity (Wildman–Crippen MR) is 87.8 cm³/mol. The molecule has 1 aliphatic heterocycles. The average Bonchev–Trinajstić information content (AvgIpc) is 3.07. The molecule has 0 saturated heterocycles. The number of ether oxygens (including phenoxy) is 4. The molecule has 0 spiro atoms. The molecule has 1 aliphatic rings. The first-order valence-electron chi connectivity index (χ1n) is 7.29. The van der Waals surface area contributed by atoms with E-state index in [-0.39, 0.29) is 20.0 Å². The highest BCUT2D eigenvalue weighted by molar-refractivity contribution is 6.32. The maximum Gasteiger partial charge on any atom is 0.338 e. The lowest BCUT2D eigenvalue weighted by atomic mass is 10.2. The molecule has 130 valence electrons. The number of carbonyl (C=O) groups excluding carboxylic acids is 2. The van der Waals surface area contributed by atoms with E-state index in [0.29, 0.717) is 33.4 Å². The van der Waals surface area contributed by atoms with Crippen LogP contribution < -0.4 is 19.9 Å². The largest absolute Gasteiger partial charge is 0.484 e. The molecule has 0 unspecified atom stereocenters. The summed E-state index contributed by atoms with van der Waals surface area (Å²) in [6, 6.07) is 9.54. The topological polar surface area (TPSA) is 97.1 Å². The van der Waals surface area contributed by atoms with Crippen molar-refractivity contribution < 1.29 is 28.5 Å². The Morgan fingerprint density at radius 3 is 2.64 bits per heavy atom. The molecule has 2 aromatic carbocycles. The smallest absolute Gasteiger partial charge is 0.338 e. The fourth-order valence-electron chi connectivity index (χ4n) is 2.18. The highest BCUT2D eigenvalue weighted by atomic mass is 35.5. The highest BCUT2D eigenvalue weighted by Gasteiger charge is 2.19. The van der Waals surface area contributed by atoms with Crippen LogP contribution in [0.4, 0.5) is 0 Å². The number of halogens is 1. The number of fused-ring (bicyclic) bond motifs is 1. The molecule has 0 radical (unpaired) electrons. The molecule has 2 N–H and O–H groups in total. The van der Waals surface area contributed by atoms with Gasteiger partial charge in [-0.05, 0) is 42.0 Å². The van der Waals surface area contributed by atoms with Gasteiger partial charge in [0.25, 0.3) is 5.91 Å². The minimum atomic E-state index is -0.578. The first-order valence-corrected chi connectivity index (χ1v) is 7.67. The van der Waals surface area contributed by atoms with Gasteiger partial charge in [0.05, 0.1) is 10.6 Å². The molecule has 25 heavy (non-hydrogen) atoms. The Hall–Kier alpha value is -2.93. The molecule has 0 fully saturated rings. The lowest BCUT2D eigenvalue weighted by Crippen LogP contribution is -2.20. The molecule has 0 bridgehead atoms. The summed E-state index contributed by atoms with van der Waals surface area (Å²) >= 11 is 6.08. The second-order valence-electron chi connectivity index (χ2n) is 5.17. The van der Waals surface area contributed by atoms with E-state index in [1.165, 1.54) is 12.1 Å². The van der Waals surface area contributed by atoms with Crippen molar-refractivity contribution in [2.75, 3.05) is 13.4 Å². The summed E-state index contributed by atoms with van der Waals surface area (Å²) in [4.78, 5) is 22.7. The van der Waals surface area contributed by atoms with Crippen LogP contribution in [0.25, 0.3) is 0 Å². The van der Waals surface area contributed by atoms with E-state index in [0.717, 1.165) is 0 Å². The van der Waals surface area contributed by atoms with Gasteiger partial charge < -0.3 is 24.7 Å². The molecule has 0 aromatic heterocycles. The molecule has 8 heteroatoms. The summed E-state index contributed by atoms with van der Waals surface area (Å²) in [5.41, 5.74) is 6.02. The lowest BCUT2D eigenvalue weighted by Gasteiger charge is -2.08. The van der Waals surface area contributed by atoms with Crippen molar-refractivity contribution >= 4 is 23.5 Å². The number of nitrogens with two attached hydrogens (primary N) is 1. The molecule has 0 atom stereocenters. The zero-order valence-corrected chi connectivity index (χ0v) is 13.7. The number of amides is 1. The maximum absolute atomic E-state index is 12.1. The van der Waals surface area contributed by atoms with Crippen LogP contribution in [0.15, 0.2) is 36.4 Å². The quantitative estimate of drug-likeness (QED) is 0.791. The minimum Gasteiger partial charge on any atom is -0.484 e. The van der Waals surface area contributed by atoms with Crippen molar-refractivity contribution in [2.24, 2.45) is 5.73 Å². The van der Waals surface area contributed by atoms with Gasteiger partial charge >= 0.3 is 5.97 Å². The summed E-state index contributed by atoms with van der Waals surface area (Å²) in [5, 5.41) is 0.400. The van der Waals surface area contributed by atoms with Gasteiger partial charge in [-0.15, -0.1) is 0 Å². The number of carbonyl (C=O) groups is 2. The Bertz CT molecular complexity index is 806. The SMILES string of the molecule is NC(=O)COc1ccc(C(=O)OCc2cc(Cl)c3c(c2)OCO3)cc1. The van der Waals surface area contributed by atoms with Crippen molar-refractivity contribution in [3.8, 4) is 17.2 Å². The van der Waals surface area contributed by atoms with Gasteiger partial charge in [-0.25, -0.2) is 4.79 Å². The molecule has 0 saturated carbocycles. The molecule has 2 aromatic rings. The fourth-order valence-corrected chi connectivity index (χ4v) is 2.47. The average molecular weight is 364 g/mol. The van der Waals surface area contributed by atoms with Crippen LogP contribution in [-0.2, 0) is 16.1 Å². The zero-order valence-electron chi connectivity index (χ0n) is 13.0. The Balaban J connectivity index is 1.59. The summed E-state index contributed by atoms with van der Waals surface area (Å²) in [6.07, 6.45) is 0. The summed E-state index contributed by atoms with van der Waals surface area (Å²) in [6.45, 7) is -0.0771. The van der Waals surface area contributed by atoms with Gasteiger partial charge in [-0.1, -0.05) is 11.6 Å². The predicted octanol–water partition coefficient (Wildman–Crippen LogP) is 2.29. The van der Waals surface area contributed by atoms with Crippen molar-refractivity contribution in [3.05, 3.63) is 52.5 Å². The number of hydrogen-bond donors (Lipinski definition) is 1. The van der Waals surface area contributed by atoms with E-state index in [2.05, 4.69) is 0 Å². The van der Waals surface area contributed by atoms with Gasteiger partial charge in [0.15, 0.2) is 18.1 Å². The van der Waals surface area contributed by atoms with Crippen LogP contribution in [0.3, 0.4) is 0 Å². The van der Waals surface area contributed by atoms with Crippen LogP contribution >= 0.6 is 11.6 Å². The van der Waals surface area contributed by atoms with Gasteiger partial charge in [0.1, 0.15) is 12.4 Å². The van der Waals surface area contributed by atoms with E-state index in [1.807, 2.05) is 0 Å². The lowest BCUT2D eigenvalue weighted by molar-refractivity contribution is -0.119. The minimum absolute atomic E-state index is 0.0368. The van der Waals surface area contributed by atoms with Crippen molar-refractivity contribution in [1.29, 1.82) is 0 Å². The zero-order chi connectivity index (χ0) is 17.8. The van der Waals surface area contributed by atoms with Crippen LogP contribution in [0.2, 0.25) is 5.02 Å². The molecular formula is C17H14ClNO6. The van der Waals surface area contributed by atoms with Crippen LogP contribution in [0.5, 0.6) is 17.2 Å². The Morgan fingerprint density at radius 1 is 1.16 bits per heavy atom. The van der Waals surface area contributed by atoms with Crippen molar-refractivity contribution in [1.82, 2.24) is 0 Å². The number of esters is 1. The van der Waals surface area contributed by atoms with Gasteiger partial charge in [-0.3, -0.25) is 4.79 Å². The second-order valence-corrected chi connectivity index (χ2v) is 5.57. The Morgan fingerprint density at radius 2 is 1.92 bits per heavy atom. The monoisotopic (exact) mass is 363 g/mol. The van der Waals surface area contributed by atoms with Gasteiger partial charge in [-0.2, -0.15) is 0 Å². The Kier molecular flexibility index (Phi) is 4.95. The van der Waals surface area contributed by atoms with Crippen LogP contribution in [-0.4, -0.2) is 25.3 Å². The summed E-state index contributed by atoms with van der Waals surface area (Å²) < 4.78 is 20.9. The molecular weight excluding hydrogens is 350 g/mol. The van der Waals surface area contributed by atoms with Crippen molar-refractivity contribution in [2.45, 2.75) is 6.61 Å². The maximum atomic E-state index is 12.1. The second kappa shape index (κ2) is 7.31. The van der Waals surface area contributed by atoms with Crippen LogP contribution in [0.1, 0.15) is 15.9 Å². The van der Waals surface area contributed by atoms with E-state index < -0.39 is 11.9 Å². The number of rotatable bonds is 6. The van der Waals surface area contributed by atoms with Gasteiger partial charge in [0, 0.05) is 0 Å². The van der Waals surface area contributed by atoms with E-state index >= 15 is 0 Å². The standard InChI is InChI=1S/C17H14ClNO6/c18-13-5-10(6-14-16(13)25-9-24-14)7-23-17(21)11-1-3-12(4-2-11)22-8-15(19)20/h1-6H,7-9H2,(H2,19,20). The number of benzene rings is 2. The van der Waals surface area contributed by atoms with E-state index in [1.54, 1.807) is 24.3 Å². The first-order chi connectivity index (χ1) is 12.0. The Labute approximate surface area is 148 Å². The normalized spacial score (nSPS) is 11.9. The van der Waals surface area contributed by atoms with Crippen molar-refractivity contribution in [3.63, 3.8) is 0 Å². The molecule has 1 amide bonds. The third kappa shape index (κ3) is 4.13. The molecule has 1 heterocycles. The molecule has 7 nitrogen and oxygen atoms in total. The third-order valence-corrected chi connectivity index (χ3v) is 3.61. The molecule has 0 aliphatic carbocycles. The third-order valence-electron chi connectivity index (χ3n) is 3.33.